The van der Waals surface area contributed by atoms with Crippen molar-refractivity contribution in [3.8, 4) is 0 Å². The zero-order valence-corrected chi connectivity index (χ0v) is 7.78. The summed E-state index contributed by atoms with van der Waals surface area (Å²) in [7, 11) is 1.58. The molecule has 0 saturated heterocycles. The van der Waals surface area contributed by atoms with Crippen LogP contribution >= 0.6 is 0 Å². The molecule has 0 atom stereocenters. The number of nitrogens with one attached hydrogen (secondary N) is 1. The van der Waals surface area contributed by atoms with Gasteiger partial charge in [0.1, 0.15) is 0 Å². The molecule has 4 nitrogen and oxygen atoms in total. The van der Waals surface area contributed by atoms with E-state index in [1.54, 1.807) is 13.2 Å². The Kier molecular flexibility index (Phi) is 2.18. The Morgan fingerprint density at radius 2 is 2.29 bits per heavy atom. The number of aromatic nitrogens is 1. The third kappa shape index (κ3) is 1.59. The van der Waals surface area contributed by atoms with E-state index < -0.39 is 0 Å². The van der Waals surface area contributed by atoms with Gasteiger partial charge >= 0.3 is 0 Å². The lowest BCUT2D eigenvalue weighted by Gasteiger charge is -1.95. The lowest BCUT2D eigenvalue weighted by molar-refractivity contribution is 0.285. The zero-order valence-electron chi connectivity index (χ0n) is 7.78. The van der Waals surface area contributed by atoms with E-state index in [0.717, 1.165) is 10.7 Å². The highest BCUT2D eigenvalue weighted by Gasteiger charge is 1.97. The molecule has 0 spiro atoms. The summed E-state index contributed by atoms with van der Waals surface area (Å²) >= 11 is 0. The molecular formula is C10H10N2O2. The van der Waals surface area contributed by atoms with E-state index in [4.69, 9.17) is 4.74 Å². The highest BCUT2D eigenvalue weighted by molar-refractivity contribution is 5.25. The van der Waals surface area contributed by atoms with Crippen LogP contribution in [-0.2, 0) is 4.74 Å². The topological polar surface area (TPSA) is 54.5 Å². The highest BCUT2D eigenvalue weighted by Crippen LogP contribution is 1.99. The standard InChI is InChI=1S/C10H10N2O2/c1-14-10-4-2-3-7-8(12-10)5-6-9(13)11-7/h3-6H,2H2,1H3,(H,11,13). The minimum atomic E-state index is -0.115. The number of H-pyrrole nitrogens is 1. The van der Waals surface area contributed by atoms with Gasteiger partial charge in [0.2, 0.25) is 11.4 Å². The molecule has 0 aliphatic carbocycles. The fourth-order valence-corrected chi connectivity index (χ4v) is 1.31. The van der Waals surface area contributed by atoms with Crippen molar-refractivity contribution in [3.63, 3.8) is 0 Å². The Labute approximate surface area is 80.3 Å². The number of pyridine rings is 1. The monoisotopic (exact) mass is 190 g/mol. The van der Waals surface area contributed by atoms with Crippen LogP contribution in [-0.4, -0.2) is 12.1 Å². The van der Waals surface area contributed by atoms with Gasteiger partial charge in [-0.3, -0.25) is 4.79 Å². The Morgan fingerprint density at radius 3 is 3.07 bits per heavy atom. The maximum absolute atomic E-state index is 11.0. The molecule has 0 radical (unpaired) electrons. The van der Waals surface area contributed by atoms with Crippen LogP contribution < -0.4 is 16.3 Å². The Bertz CT molecular complexity index is 540. The minimum absolute atomic E-state index is 0.115. The molecule has 0 bridgehead atoms. The molecule has 1 aliphatic rings. The van der Waals surface area contributed by atoms with Crippen molar-refractivity contribution in [2.45, 2.75) is 6.42 Å². The Hall–Kier alpha value is -1.84. The fraction of sp³-hybridized carbons (Fsp3) is 0.200. The zero-order chi connectivity index (χ0) is 9.97. The van der Waals surface area contributed by atoms with Gasteiger partial charge in [-0.1, -0.05) is 6.08 Å². The molecule has 14 heavy (non-hydrogen) atoms. The maximum Gasteiger partial charge on any atom is 0.248 e. The fourth-order valence-electron chi connectivity index (χ4n) is 1.31. The van der Waals surface area contributed by atoms with Crippen molar-refractivity contribution in [3.05, 3.63) is 45.2 Å². The van der Waals surface area contributed by atoms with E-state index >= 15 is 0 Å². The number of hydrogen-bond donors (Lipinski definition) is 1. The Balaban J connectivity index is 2.70. The smallest absolute Gasteiger partial charge is 0.248 e. The normalized spacial score (nSPS) is 14.2. The van der Waals surface area contributed by atoms with Crippen LogP contribution in [0.25, 0.3) is 6.08 Å². The van der Waals surface area contributed by atoms with Crippen molar-refractivity contribution in [1.82, 2.24) is 4.98 Å². The summed E-state index contributed by atoms with van der Waals surface area (Å²) in [5, 5.41) is 1.48. The first-order valence-corrected chi connectivity index (χ1v) is 4.32. The van der Waals surface area contributed by atoms with Crippen LogP contribution in [0, 0.1) is 0 Å². The van der Waals surface area contributed by atoms with Crippen LogP contribution in [0.15, 0.2) is 33.9 Å². The van der Waals surface area contributed by atoms with Gasteiger partial charge in [-0.25, -0.2) is 4.99 Å². The summed E-state index contributed by atoms with van der Waals surface area (Å²) in [6.45, 7) is 0. The SMILES string of the molecule is COC1=CCC=c2[nH]c(=O)ccc2=N1. The van der Waals surface area contributed by atoms with E-state index in [2.05, 4.69) is 9.98 Å². The molecule has 0 unspecified atom stereocenters. The number of allylic oxidation sites excluding steroid dienone is 1. The third-order valence-electron chi connectivity index (χ3n) is 1.98. The Morgan fingerprint density at radius 1 is 1.43 bits per heavy atom. The molecular weight excluding hydrogens is 180 g/mol. The number of nitrogens with zero attached hydrogens (tertiary/aromatic N) is 1. The predicted molar refractivity (Wildman–Crippen MR) is 52.0 cm³/mol. The van der Waals surface area contributed by atoms with Gasteiger partial charge in [0, 0.05) is 6.07 Å². The van der Waals surface area contributed by atoms with Crippen molar-refractivity contribution < 1.29 is 4.74 Å². The molecule has 2 rings (SSSR count). The molecule has 0 fully saturated rings. The van der Waals surface area contributed by atoms with Gasteiger partial charge in [-0.15, -0.1) is 0 Å². The minimum Gasteiger partial charge on any atom is -0.481 e. The summed E-state index contributed by atoms with van der Waals surface area (Å²) < 4.78 is 5.04. The van der Waals surface area contributed by atoms with E-state index in [1.807, 2.05) is 12.2 Å². The van der Waals surface area contributed by atoms with Gasteiger partial charge in [0.15, 0.2) is 0 Å². The van der Waals surface area contributed by atoms with Gasteiger partial charge in [-0.05, 0) is 18.6 Å². The van der Waals surface area contributed by atoms with Crippen molar-refractivity contribution in [1.29, 1.82) is 0 Å². The summed E-state index contributed by atoms with van der Waals surface area (Å²) in [6.07, 6.45) is 4.48. The molecule has 0 amide bonds. The number of ether oxygens (including phenoxy) is 1. The summed E-state index contributed by atoms with van der Waals surface area (Å²) in [5.74, 6) is 0.576. The molecule has 72 valence electrons. The van der Waals surface area contributed by atoms with Crippen LogP contribution in [0.5, 0.6) is 0 Å². The highest BCUT2D eigenvalue weighted by atomic mass is 16.5. The summed E-state index contributed by atoms with van der Waals surface area (Å²) in [4.78, 5) is 18.0. The van der Waals surface area contributed by atoms with Gasteiger partial charge in [-0.2, -0.15) is 0 Å². The molecule has 1 aromatic heterocycles. The summed E-state index contributed by atoms with van der Waals surface area (Å²) in [5.41, 5.74) is -0.115. The van der Waals surface area contributed by atoms with Crippen LogP contribution in [0.2, 0.25) is 0 Å². The molecule has 2 heterocycles. The lowest BCUT2D eigenvalue weighted by Crippen LogP contribution is -2.33. The quantitative estimate of drug-likeness (QED) is 0.659. The average molecular weight is 190 g/mol. The molecule has 4 heteroatoms. The second-order valence-corrected chi connectivity index (χ2v) is 2.92. The number of hydrogen-bond acceptors (Lipinski definition) is 3. The second kappa shape index (κ2) is 3.49. The number of fused-ring (bicyclic) bond motifs is 1. The number of methoxy groups -OCH3 is 1. The number of rotatable bonds is 1. The van der Waals surface area contributed by atoms with Crippen LogP contribution in [0.3, 0.4) is 0 Å². The number of aromatic amines is 1. The van der Waals surface area contributed by atoms with Crippen LogP contribution in [0.1, 0.15) is 6.42 Å². The van der Waals surface area contributed by atoms with Gasteiger partial charge < -0.3 is 9.72 Å². The van der Waals surface area contributed by atoms with E-state index in [1.165, 1.54) is 6.07 Å². The molecule has 1 N–H and O–H groups in total. The van der Waals surface area contributed by atoms with Crippen LogP contribution in [0.4, 0.5) is 0 Å². The van der Waals surface area contributed by atoms with Crippen molar-refractivity contribution in [2.24, 2.45) is 4.99 Å². The molecule has 0 aromatic carbocycles. The molecule has 1 aliphatic heterocycles. The average Bonchev–Trinajstić information content (AvgIpc) is 2.38. The first kappa shape index (κ1) is 8.74. The van der Waals surface area contributed by atoms with Crippen molar-refractivity contribution in [2.75, 3.05) is 7.11 Å². The van der Waals surface area contributed by atoms with Crippen molar-refractivity contribution >= 4 is 6.08 Å². The van der Waals surface area contributed by atoms with Gasteiger partial charge in [0.25, 0.3) is 0 Å². The van der Waals surface area contributed by atoms with E-state index in [-0.39, 0.29) is 5.56 Å². The molecule has 1 aromatic rings. The lowest BCUT2D eigenvalue weighted by atomic mass is 10.3. The first-order chi connectivity index (χ1) is 6.79. The predicted octanol–water partition coefficient (Wildman–Crippen LogP) is -0.334. The maximum atomic E-state index is 11.0. The third-order valence-corrected chi connectivity index (χ3v) is 1.98. The van der Waals surface area contributed by atoms with E-state index in [0.29, 0.717) is 12.3 Å². The van der Waals surface area contributed by atoms with Gasteiger partial charge in [0.05, 0.1) is 17.8 Å². The summed E-state index contributed by atoms with van der Waals surface area (Å²) in [6, 6.07) is 3.14. The largest absolute Gasteiger partial charge is 0.481 e. The second-order valence-electron chi connectivity index (χ2n) is 2.92. The van der Waals surface area contributed by atoms with E-state index in [9.17, 15) is 4.79 Å². The molecule has 0 saturated carbocycles. The first-order valence-electron chi connectivity index (χ1n) is 4.32.